The average molecular weight is 344 g/mol. The highest BCUT2D eigenvalue weighted by Crippen LogP contribution is 2.28. The average Bonchev–Trinajstić information content (AvgIpc) is 3.03. The molecule has 6 heteroatoms. The van der Waals surface area contributed by atoms with E-state index in [1.54, 1.807) is 14.0 Å². The summed E-state index contributed by atoms with van der Waals surface area (Å²) < 4.78 is 5.30. The number of para-hydroxylation sites is 1. The Morgan fingerprint density at radius 2 is 2.12 bits per heavy atom. The number of fused-ring (bicyclic) bond motifs is 1. The fraction of sp³-hybridized carbons (Fsp3) is 0.333. The summed E-state index contributed by atoms with van der Waals surface area (Å²) in [5.74, 6) is 0.754. The Balaban J connectivity index is 1.67. The first-order chi connectivity index (χ1) is 11.6. The Kier molecular flexibility index (Phi) is 4.85. The number of nitrogens with one attached hydrogen (secondary N) is 1. The monoisotopic (exact) mass is 344 g/mol. The van der Waals surface area contributed by atoms with Gasteiger partial charge in [-0.05, 0) is 24.1 Å². The molecule has 126 valence electrons. The van der Waals surface area contributed by atoms with Gasteiger partial charge in [0.1, 0.15) is 5.75 Å². The zero-order chi connectivity index (χ0) is 17.1. The lowest BCUT2D eigenvalue weighted by Crippen LogP contribution is -2.33. The van der Waals surface area contributed by atoms with Crippen LogP contribution in [0.1, 0.15) is 32.6 Å². The summed E-state index contributed by atoms with van der Waals surface area (Å²) in [4.78, 5) is 27.6. The van der Waals surface area contributed by atoms with Gasteiger partial charge >= 0.3 is 0 Å². The maximum Gasteiger partial charge on any atom is 0.261 e. The summed E-state index contributed by atoms with van der Waals surface area (Å²) in [7, 11) is 1.62. The molecule has 2 aromatic rings. The lowest BCUT2D eigenvalue weighted by Gasteiger charge is -2.25. The highest BCUT2D eigenvalue weighted by molar-refractivity contribution is 7.14. The smallest absolute Gasteiger partial charge is 0.261 e. The van der Waals surface area contributed by atoms with Crippen molar-refractivity contribution in [3.05, 3.63) is 51.2 Å². The number of hydrogen-bond donors (Lipinski definition) is 1. The predicted molar refractivity (Wildman–Crippen MR) is 93.3 cm³/mol. The largest absolute Gasteiger partial charge is 0.496 e. The number of thiophene rings is 1. The fourth-order valence-corrected chi connectivity index (χ4v) is 3.90. The third kappa shape index (κ3) is 3.43. The van der Waals surface area contributed by atoms with Crippen LogP contribution in [-0.4, -0.2) is 30.4 Å². The van der Waals surface area contributed by atoms with Crippen LogP contribution in [0.3, 0.4) is 0 Å². The molecule has 0 fully saturated rings. The molecule has 1 aliphatic rings. The molecule has 0 bridgehead atoms. The number of nitrogens with zero attached hydrogens (tertiary/aromatic N) is 1. The van der Waals surface area contributed by atoms with Crippen molar-refractivity contribution < 1.29 is 14.3 Å². The van der Waals surface area contributed by atoms with E-state index >= 15 is 0 Å². The fourth-order valence-electron chi connectivity index (χ4n) is 2.83. The van der Waals surface area contributed by atoms with E-state index in [1.165, 1.54) is 16.2 Å². The van der Waals surface area contributed by atoms with Crippen LogP contribution in [0.25, 0.3) is 0 Å². The van der Waals surface area contributed by atoms with E-state index in [1.807, 2.05) is 35.2 Å². The minimum Gasteiger partial charge on any atom is -0.496 e. The van der Waals surface area contributed by atoms with Gasteiger partial charge in [0.15, 0.2) is 0 Å². The van der Waals surface area contributed by atoms with Crippen LogP contribution in [0, 0.1) is 0 Å². The van der Waals surface area contributed by atoms with E-state index < -0.39 is 0 Å². The minimum atomic E-state index is -0.0883. The Labute approximate surface area is 145 Å². The number of amides is 2. The summed E-state index contributed by atoms with van der Waals surface area (Å²) in [6.07, 6.45) is 0.819. The first-order valence-corrected chi connectivity index (χ1v) is 8.67. The molecule has 0 saturated carbocycles. The maximum atomic E-state index is 12.4. The third-order valence-electron chi connectivity index (χ3n) is 4.17. The second kappa shape index (κ2) is 7.05. The standard InChI is InChI=1S/C18H20N2O3S/c1-12(21)20-8-7-16-14(11-20)9-17(24-16)18(22)19-10-13-5-3-4-6-15(13)23-2/h3-6,9H,7-8,10-11H2,1-2H3,(H,19,22). The highest BCUT2D eigenvalue weighted by atomic mass is 32.1. The molecular weight excluding hydrogens is 324 g/mol. The quantitative estimate of drug-likeness (QED) is 0.927. The molecule has 5 nitrogen and oxygen atoms in total. The molecule has 1 N–H and O–H groups in total. The molecule has 1 aliphatic heterocycles. The van der Waals surface area contributed by atoms with Crippen LogP contribution >= 0.6 is 11.3 Å². The Bertz CT molecular complexity index is 769. The highest BCUT2D eigenvalue weighted by Gasteiger charge is 2.22. The minimum absolute atomic E-state index is 0.0778. The van der Waals surface area contributed by atoms with E-state index in [-0.39, 0.29) is 11.8 Å². The van der Waals surface area contributed by atoms with Gasteiger partial charge < -0.3 is 15.0 Å². The summed E-state index contributed by atoms with van der Waals surface area (Å²) >= 11 is 1.52. The van der Waals surface area contributed by atoms with Gasteiger partial charge in [-0.3, -0.25) is 9.59 Å². The van der Waals surface area contributed by atoms with Crippen molar-refractivity contribution in [3.8, 4) is 5.75 Å². The number of carbonyl (C=O) groups is 2. The van der Waals surface area contributed by atoms with E-state index in [9.17, 15) is 9.59 Å². The van der Waals surface area contributed by atoms with Gasteiger partial charge in [0.05, 0.1) is 12.0 Å². The third-order valence-corrected chi connectivity index (χ3v) is 5.40. The van der Waals surface area contributed by atoms with E-state index in [0.717, 1.165) is 29.8 Å². The van der Waals surface area contributed by atoms with Crippen molar-refractivity contribution in [2.75, 3.05) is 13.7 Å². The van der Waals surface area contributed by atoms with Gasteiger partial charge in [0.25, 0.3) is 5.91 Å². The summed E-state index contributed by atoms with van der Waals surface area (Å²) in [6, 6.07) is 9.54. The van der Waals surface area contributed by atoms with Crippen LogP contribution in [0.15, 0.2) is 30.3 Å². The molecule has 3 rings (SSSR count). The lowest BCUT2D eigenvalue weighted by molar-refractivity contribution is -0.129. The Morgan fingerprint density at radius 3 is 2.88 bits per heavy atom. The molecule has 1 aromatic carbocycles. The van der Waals surface area contributed by atoms with E-state index in [0.29, 0.717) is 18.0 Å². The number of ether oxygens (including phenoxy) is 1. The van der Waals surface area contributed by atoms with Crippen molar-refractivity contribution in [2.24, 2.45) is 0 Å². The van der Waals surface area contributed by atoms with Crippen LogP contribution < -0.4 is 10.1 Å². The zero-order valence-corrected chi connectivity index (χ0v) is 14.6. The number of methoxy groups -OCH3 is 1. The van der Waals surface area contributed by atoms with Gasteiger partial charge in [-0.1, -0.05) is 18.2 Å². The van der Waals surface area contributed by atoms with Gasteiger partial charge in [0.2, 0.25) is 5.91 Å². The van der Waals surface area contributed by atoms with Crippen LogP contribution in [-0.2, 0) is 24.3 Å². The number of benzene rings is 1. The molecule has 24 heavy (non-hydrogen) atoms. The van der Waals surface area contributed by atoms with Crippen LogP contribution in [0.2, 0.25) is 0 Å². The molecule has 0 aliphatic carbocycles. The second-order valence-electron chi connectivity index (χ2n) is 5.74. The van der Waals surface area contributed by atoms with Crippen molar-refractivity contribution in [3.63, 3.8) is 0 Å². The van der Waals surface area contributed by atoms with Crippen molar-refractivity contribution in [1.29, 1.82) is 0 Å². The summed E-state index contributed by atoms with van der Waals surface area (Å²) in [5.41, 5.74) is 2.03. The van der Waals surface area contributed by atoms with Crippen molar-refractivity contribution in [2.45, 2.75) is 26.4 Å². The Morgan fingerprint density at radius 1 is 1.33 bits per heavy atom. The number of carbonyl (C=O) groups excluding carboxylic acids is 2. The van der Waals surface area contributed by atoms with Crippen molar-refractivity contribution in [1.82, 2.24) is 10.2 Å². The number of rotatable bonds is 4. The van der Waals surface area contributed by atoms with Gasteiger partial charge in [-0.15, -0.1) is 11.3 Å². The van der Waals surface area contributed by atoms with E-state index in [2.05, 4.69) is 5.32 Å². The second-order valence-corrected chi connectivity index (χ2v) is 6.88. The molecular formula is C18H20N2O3S. The molecule has 0 saturated heterocycles. The summed E-state index contributed by atoms with van der Waals surface area (Å²) in [5, 5.41) is 2.94. The molecule has 0 spiro atoms. The molecule has 0 radical (unpaired) electrons. The predicted octanol–water partition coefficient (Wildman–Crippen LogP) is 2.59. The van der Waals surface area contributed by atoms with Gasteiger partial charge in [-0.25, -0.2) is 0 Å². The van der Waals surface area contributed by atoms with Gasteiger partial charge in [-0.2, -0.15) is 0 Å². The molecule has 2 heterocycles. The first kappa shape index (κ1) is 16.5. The molecule has 1 aromatic heterocycles. The normalized spacial score (nSPS) is 13.3. The van der Waals surface area contributed by atoms with Gasteiger partial charge in [0, 0.05) is 37.0 Å². The summed E-state index contributed by atoms with van der Waals surface area (Å²) in [6.45, 7) is 3.33. The molecule has 0 unspecified atom stereocenters. The number of hydrogen-bond acceptors (Lipinski definition) is 4. The van der Waals surface area contributed by atoms with Crippen molar-refractivity contribution >= 4 is 23.2 Å². The van der Waals surface area contributed by atoms with E-state index in [4.69, 9.17) is 4.74 Å². The van der Waals surface area contributed by atoms with Crippen LogP contribution in [0.4, 0.5) is 0 Å². The SMILES string of the molecule is COc1ccccc1CNC(=O)c1cc2c(s1)CCN(C(C)=O)C2. The molecule has 0 atom stereocenters. The molecule has 2 amide bonds. The first-order valence-electron chi connectivity index (χ1n) is 7.85. The van der Waals surface area contributed by atoms with Crippen LogP contribution in [0.5, 0.6) is 5.75 Å². The lowest BCUT2D eigenvalue weighted by atomic mass is 10.1. The maximum absolute atomic E-state index is 12.4. The zero-order valence-electron chi connectivity index (χ0n) is 13.8. The topological polar surface area (TPSA) is 58.6 Å². The Hall–Kier alpha value is -2.34.